The molecular weight excluding hydrogens is 347 g/mol. The fourth-order valence-electron chi connectivity index (χ4n) is 1.70. The zero-order valence-electron chi connectivity index (χ0n) is 12.2. The summed E-state index contributed by atoms with van der Waals surface area (Å²) in [4.78, 5) is 10.8. The summed E-state index contributed by atoms with van der Waals surface area (Å²) in [5.41, 5.74) is 0. The molecule has 0 heterocycles. The average Bonchev–Trinajstić information content (AvgIpc) is 2.43. The highest BCUT2D eigenvalue weighted by Crippen LogP contribution is 2.34. The molecule has 0 aliphatic carbocycles. The highest BCUT2D eigenvalue weighted by Gasteiger charge is 2.14. The van der Waals surface area contributed by atoms with Gasteiger partial charge >= 0.3 is 5.97 Å². The van der Waals surface area contributed by atoms with E-state index in [1.165, 1.54) is 37.3 Å². The second-order valence-corrected chi connectivity index (χ2v) is 7.08. The third-order valence-corrected chi connectivity index (χ3v) is 4.14. The van der Waals surface area contributed by atoms with E-state index < -0.39 is 21.6 Å². The molecule has 23 heavy (non-hydrogen) atoms. The minimum atomic E-state index is -3.52. The maximum absolute atomic E-state index is 14.0. The molecular formula is C15H12ClFO5S. The van der Waals surface area contributed by atoms with Crippen LogP contribution in [-0.4, -0.2) is 20.6 Å². The number of hydrogen-bond acceptors (Lipinski definition) is 5. The maximum Gasteiger partial charge on any atom is 0.308 e. The van der Waals surface area contributed by atoms with Crippen LogP contribution in [0.5, 0.6) is 17.2 Å². The van der Waals surface area contributed by atoms with Crippen molar-refractivity contribution < 1.29 is 27.1 Å². The Morgan fingerprint density at radius 2 is 1.83 bits per heavy atom. The van der Waals surface area contributed by atoms with Gasteiger partial charge in [0.2, 0.25) is 0 Å². The lowest BCUT2D eigenvalue weighted by Crippen LogP contribution is -2.01. The molecule has 0 saturated carbocycles. The van der Waals surface area contributed by atoms with Crippen molar-refractivity contribution in [1.29, 1.82) is 0 Å². The van der Waals surface area contributed by atoms with Crippen molar-refractivity contribution in [2.24, 2.45) is 0 Å². The van der Waals surface area contributed by atoms with E-state index in [1.807, 2.05) is 0 Å². The summed E-state index contributed by atoms with van der Waals surface area (Å²) in [6.45, 7) is 1.23. The zero-order chi connectivity index (χ0) is 17.2. The normalized spacial score (nSPS) is 11.1. The molecule has 0 bridgehead atoms. The Kier molecular flexibility index (Phi) is 4.91. The van der Waals surface area contributed by atoms with Crippen LogP contribution in [-0.2, 0) is 14.6 Å². The molecule has 0 spiro atoms. The molecule has 0 aliphatic heterocycles. The van der Waals surface area contributed by atoms with E-state index >= 15 is 0 Å². The number of halogens is 2. The predicted octanol–water partition coefficient (Wildman–Crippen LogP) is 3.60. The first-order valence-electron chi connectivity index (χ1n) is 6.32. The fraction of sp³-hybridized carbons (Fsp3) is 0.133. The van der Waals surface area contributed by atoms with Crippen molar-refractivity contribution in [3.05, 3.63) is 47.2 Å². The molecule has 0 fully saturated rings. The number of ether oxygens (including phenoxy) is 2. The van der Waals surface area contributed by atoms with Gasteiger partial charge in [-0.05, 0) is 30.3 Å². The summed E-state index contributed by atoms with van der Waals surface area (Å²) in [5.74, 6) is -1.34. The van der Waals surface area contributed by atoms with Gasteiger partial charge in [0.25, 0.3) is 0 Å². The van der Waals surface area contributed by atoms with Gasteiger partial charge in [0, 0.05) is 19.2 Å². The minimum absolute atomic E-state index is 0.0661. The van der Waals surface area contributed by atoms with Gasteiger partial charge in [-0.1, -0.05) is 11.6 Å². The average molecular weight is 359 g/mol. The monoisotopic (exact) mass is 358 g/mol. The van der Waals surface area contributed by atoms with Gasteiger partial charge < -0.3 is 9.47 Å². The van der Waals surface area contributed by atoms with Gasteiger partial charge in [0.15, 0.2) is 21.4 Å². The second-order valence-electron chi connectivity index (χ2n) is 4.65. The number of esters is 1. The highest BCUT2D eigenvalue weighted by molar-refractivity contribution is 7.90. The van der Waals surface area contributed by atoms with E-state index in [-0.39, 0.29) is 27.2 Å². The van der Waals surface area contributed by atoms with Crippen LogP contribution in [0.1, 0.15) is 6.92 Å². The third-order valence-electron chi connectivity index (χ3n) is 2.72. The molecule has 0 atom stereocenters. The van der Waals surface area contributed by atoms with Crippen molar-refractivity contribution in [3.8, 4) is 17.2 Å². The van der Waals surface area contributed by atoms with Crippen LogP contribution in [0.4, 0.5) is 4.39 Å². The molecule has 2 aromatic carbocycles. The summed E-state index contributed by atoms with van der Waals surface area (Å²) in [7, 11) is -3.52. The van der Waals surface area contributed by atoms with Crippen molar-refractivity contribution in [2.75, 3.05) is 6.26 Å². The Labute approximate surface area is 137 Å². The SMILES string of the molecule is CC(=O)Oc1ccc(Cl)c(Oc2ccc(S(C)(=O)=O)cc2F)c1. The molecule has 0 saturated heterocycles. The smallest absolute Gasteiger partial charge is 0.308 e. The molecule has 122 valence electrons. The van der Waals surface area contributed by atoms with E-state index in [2.05, 4.69) is 0 Å². The van der Waals surface area contributed by atoms with Crippen LogP contribution in [0.15, 0.2) is 41.3 Å². The third kappa shape index (κ3) is 4.43. The molecule has 0 aromatic heterocycles. The standard InChI is InChI=1S/C15H12ClFO5S/c1-9(18)21-10-3-5-12(16)15(7-10)22-14-6-4-11(8-13(14)17)23(2,19)20/h3-8H,1-2H3. The topological polar surface area (TPSA) is 69.7 Å². The first-order chi connectivity index (χ1) is 10.7. The Hall–Kier alpha value is -2.12. The minimum Gasteiger partial charge on any atom is -0.453 e. The zero-order valence-corrected chi connectivity index (χ0v) is 13.7. The summed E-state index contributed by atoms with van der Waals surface area (Å²) in [6.07, 6.45) is 0.974. The van der Waals surface area contributed by atoms with Crippen LogP contribution < -0.4 is 9.47 Å². The fourth-order valence-corrected chi connectivity index (χ4v) is 2.49. The molecule has 0 radical (unpaired) electrons. The van der Waals surface area contributed by atoms with Crippen molar-refractivity contribution in [1.82, 2.24) is 0 Å². The van der Waals surface area contributed by atoms with Crippen LogP contribution in [0.3, 0.4) is 0 Å². The number of sulfone groups is 1. The van der Waals surface area contributed by atoms with E-state index in [9.17, 15) is 17.6 Å². The predicted molar refractivity (Wildman–Crippen MR) is 82.3 cm³/mol. The largest absolute Gasteiger partial charge is 0.453 e. The summed E-state index contributed by atoms with van der Waals surface area (Å²) in [6, 6.07) is 7.47. The lowest BCUT2D eigenvalue weighted by atomic mass is 10.3. The van der Waals surface area contributed by atoms with Gasteiger partial charge in [-0.25, -0.2) is 12.8 Å². The number of carbonyl (C=O) groups is 1. The summed E-state index contributed by atoms with van der Waals surface area (Å²) >= 11 is 5.96. The maximum atomic E-state index is 14.0. The van der Waals surface area contributed by atoms with Crippen LogP contribution in [0.2, 0.25) is 5.02 Å². The van der Waals surface area contributed by atoms with Crippen molar-refractivity contribution in [2.45, 2.75) is 11.8 Å². The Balaban J connectivity index is 2.34. The summed E-state index contributed by atoms with van der Waals surface area (Å²) in [5, 5.41) is 0.174. The van der Waals surface area contributed by atoms with Crippen LogP contribution in [0.25, 0.3) is 0 Å². The van der Waals surface area contributed by atoms with Crippen molar-refractivity contribution in [3.63, 3.8) is 0 Å². The first kappa shape index (κ1) is 17.2. The molecule has 0 amide bonds. The lowest BCUT2D eigenvalue weighted by molar-refractivity contribution is -0.131. The van der Waals surface area contributed by atoms with Gasteiger partial charge in [-0.3, -0.25) is 4.79 Å². The van der Waals surface area contributed by atoms with Crippen LogP contribution >= 0.6 is 11.6 Å². The molecule has 2 rings (SSSR count). The second kappa shape index (κ2) is 6.55. The molecule has 0 aliphatic rings. The number of carbonyl (C=O) groups excluding carboxylic acids is 1. The van der Waals surface area contributed by atoms with Gasteiger partial charge in [-0.15, -0.1) is 0 Å². The Morgan fingerprint density at radius 1 is 1.13 bits per heavy atom. The molecule has 5 nitrogen and oxygen atoms in total. The molecule has 0 unspecified atom stereocenters. The van der Waals surface area contributed by atoms with E-state index in [4.69, 9.17) is 21.1 Å². The Bertz CT molecular complexity index is 864. The number of hydrogen-bond donors (Lipinski definition) is 0. The Morgan fingerprint density at radius 3 is 2.39 bits per heavy atom. The van der Waals surface area contributed by atoms with Gasteiger partial charge in [0.05, 0.1) is 9.92 Å². The first-order valence-corrected chi connectivity index (χ1v) is 8.59. The highest BCUT2D eigenvalue weighted by atomic mass is 35.5. The van der Waals surface area contributed by atoms with Crippen LogP contribution in [0, 0.1) is 5.82 Å². The summed E-state index contributed by atoms with van der Waals surface area (Å²) < 4.78 is 47.0. The molecule has 0 N–H and O–H groups in total. The number of benzene rings is 2. The van der Waals surface area contributed by atoms with Gasteiger partial charge in [0.1, 0.15) is 11.5 Å². The quantitative estimate of drug-likeness (QED) is 0.617. The van der Waals surface area contributed by atoms with Crippen molar-refractivity contribution >= 4 is 27.4 Å². The van der Waals surface area contributed by atoms with E-state index in [0.29, 0.717) is 0 Å². The van der Waals surface area contributed by atoms with E-state index in [1.54, 1.807) is 0 Å². The van der Waals surface area contributed by atoms with Gasteiger partial charge in [-0.2, -0.15) is 0 Å². The van der Waals surface area contributed by atoms with E-state index in [0.717, 1.165) is 12.3 Å². The molecule has 8 heteroatoms. The number of rotatable bonds is 4. The lowest BCUT2D eigenvalue weighted by Gasteiger charge is -2.11. The molecule has 2 aromatic rings.